The third kappa shape index (κ3) is 4.94. The van der Waals surface area contributed by atoms with Crippen LogP contribution in [0.5, 0.6) is 0 Å². The normalized spacial score (nSPS) is 25.8. The van der Waals surface area contributed by atoms with E-state index in [9.17, 15) is 4.79 Å². The molecule has 0 spiro atoms. The number of hydrogen-bond donors (Lipinski definition) is 2. The molecule has 0 radical (unpaired) electrons. The van der Waals surface area contributed by atoms with Gasteiger partial charge in [-0.3, -0.25) is 0 Å². The van der Waals surface area contributed by atoms with E-state index in [0.29, 0.717) is 6.04 Å². The molecule has 4 heteroatoms. The molecular weight excluding hydrogens is 216 g/mol. The molecule has 0 aliphatic carbocycles. The second-order valence-corrected chi connectivity index (χ2v) is 6.91. The van der Waals surface area contributed by atoms with Gasteiger partial charge in [-0.1, -0.05) is 20.8 Å². The number of ether oxygens (including phenoxy) is 1. The lowest BCUT2D eigenvalue weighted by atomic mass is 9.85. The molecule has 2 N–H and O–H groups in total. The van der Waals surface area contributed by atoms with E-state index < -0.39 is 5.60 Å². The predicted octanol–water partition coefficient (Wildman–Crippen LogP) is 2.29. The van der Waals surface area contributed by atoms with E-state index in [-0.39, 0.29) is 17.6 Å². The molecule has 2 atom stereocenters. The van der Waals surface area contributed by atoms with E-state index in [2.05, 4.69) is 31.4 Å². The van der Waals surface area contributed by atoms with Crippen molar-refractivity contribution in [2.45, 2.75) is 65.6 Å². The van der Waals surface area contributed by atoms with Gasteiger partial charge in [0.1, 0.15) is 5.60 Å². The molecule has 1 aliphatic heterocycles. The van der Waals surface area contributed by atoms with Crippen molar-refractivity contribution >= 4 is 6.09 Å². The summed E-state index contributed by atoms with van der Waals surface area (Å²) >= 11 is 0. The van der Waals surface area contributed by atoms with Crippen molar-refractivity contribution in [2.75, 3.05) is 6.54 Å². The molecule has 0 aromatic heterocycles. The first-order valence-corrected chi connectivity index (χ1v) is 6.31. The molecule has 1 amide bonds. The Morgan fingerprint density at radius 1 is 1.24 bits per heavy atom. The molecule has 100 valence electrons. The second kappa shape index (κ2) is 4.84. The van der Waals surface area contributed by atoms with E-state index in [1.54, 1.807) is 0 Å². The number of amides is 1. The maximum absolute atomic E-state index is 11.6. The van der Waals surface area contributed by atoms with Crippen LogP contribution in [-0.2, 0) is 4.74 Å². The van der Waals surface area contributed by atoms with Crippen LogP contribution in [0, 0.1) is 5.41 Å². The highest BCUT2D eigenvalue weighted by Crippen LogP contribution is 2.26. The van der Waals surface area contributed by atoms with Gasteiger partial charge in [-0.25, -0.2) is 4.79 Å². The SMILES string of the molecule is CC(C)(C)OC(=O)N[C@@H]1CN[C@H](C(C)(C)C)C1. The molecule has 1 heterocycles. The quantitative estimate of drug-likeness (QED) is 0.741. The number of alkyl carbamates (subject to hydrolysis) is 1. The zero-order valence-electron chi connectivity index (χ0n) is 11.9. The van der Waals surface area contributed by atoms with Crippen LogP contribution in [0.15, 0.2) is 0 Å². The number of nitrogens with one attached hydrogen (secondary N) is 2. The molecule has 0 saturated carbocycles. The summed E-state index contributed by atoms with van der Waals surface area (Å²) in [6, 6.07) is 0.622. The molecule has 0 aromatic carbocycles. The van der Waals surface area contributed by atoms with Crippen molar-refractivity contribution < 1.29 is 9.53 Å². The summed E-state index contributed by atoms with van der Waals surface area (Å²) in [4.78, 5) is 11.6. The third-order valence-corrected chi connectivity index (χ3v) is 2.90. The Hall–Kier alpha value is -0.770. The van der Waals surface area contributed by atoms with Gasteiger partial charge < -0.3 is 15.4 Å². The van der Waals surface area contributed by atoms with Gasteiger partial charge in [0, 0.05) is 18.6 Å². The fraction of sp³-hybridized carbons (Fsp3) is 0.923. The highest BCUT2D eigenvalue weighted by Gasteiger charge is 2.33. The molecule has 17 heavy (non-hydrogen) atoms. The summed E-state index contributed by atoms with van der Waals surface area (Å²) < 4.78 is 5.24. The molecule has 1 aliphatic rings. The van der Waals surface area contributed by atoms with Crippen LogP contribution >= 0.6 is 0 Å². The molecule has 1 saturated heterocycles. The van der Waals surface area contributed by atoms with Gasteiger partial charge in [0.05, 0.1) is 0 Å². The summed E-state index contributed by atoms with van der Waals surface area (Å²) in [5.74, 6) is 0. The Labute approximate surface area is 104 Å². The monoisotopic (exact) mass is 242 g/mol. The summed E-state index contributed by atoms with van der Waals surface area (Å²) in [5.41, 5.74) is -0.204. The standard InChI is InChI=1S/C13H26N2O2/c1-12(2,3)10-7-9(8-14-10)15-11(16)17-13(4,5)6/h9-10,14H,7-8H2,1-6H3,(H,15,16)/t9-,10-/m0/s1. The van der Waals surface area contributed by atoms with E-state index in [4.69, 9.17) is 4.74 Å². The van der Waals surface area contributed by atoms with E-state index in [1.807, 2.05) is 20.8 Å². The first-order chi connectivity index (χ1) is 7.58. The Morgan fingerprint density at radius 3 is 2.24 bits per heavy atom. The maximum Gasteiger partial charge on any atom is 0.407 e. The second-order valence-electron chi connectivity index (χ2n) is 6.91. The van der Waals surface area contributed by atoms with Gasteiger partial charge in [-0.05, 0) is 32.6 Å². The summed E-state index contributed by atoms with van der Waals surface area (Å²) in [6.07, 6.45) is 0.641. The highest BCUT2D eigenvalue weighted by molar-refractivity contribution is 5.68. The van der Waals surface area contributed by atoms with Gasteiger partial charge in [0.25, 0.3) is 0 Å². The van der Waals surface area contributed by atoms with Crippen molar-refractivity contribution in [1.82, 2.24) is 10.6 Å². The zero-order chi connectivity index (χ0) is 13.3. The first kappa shape index (κ1) is 14.3. The molecule has 1 fully saturated rings. The van der Waals surface area contributed by atoms with Gasteiger partial charge in [-0.15, -0.1) is 0 Å². The van der Waals surface area contributed by atoms with Crippen LogP contribution in [0.25, 0.3) is 0 Å². The smallest absolute Gasteiger partial charge is 0.407 e. The van der Waals surface area contributed by atoms with Crippen molar-refractivity contribution in [3.8, 4) is 0 Å². The lowest BCUT2D eigenvalue weighted by molar-refractivity contribution is 0.0507. The average Bonchev–Trinajstić information content (AvgIpc) is 2.47. The maximum atomic E-state index is 11.6. The van der Waals surface area contributed by atoms with Gasteiger partial charge in [-0.2, -0.15) is 0 Å². The van der Waals surface area contributed by atoms with Gasteiger partial charge >= 0.3 is 6.09 Å². The Morgan fingerprint density at radius 2 is 1.82 bits per heavy atom. The largest absolute Gasteiger partial charge is 0.444 e. The molecular formula is C13H26N2O2. The fourth-order valence-electron chi connectivity index (χ4n) is 1.98. The Kier molecular flexibility index (Phi) is 4.07. The van der Waals surface area contributed by atoms with Crippen LogP contribution < -0.4 is 10.6 Å². The van der Waals surface area contributed by atoms with E-state index >= 15 is 0 Å². The Bertz CT molecular complexity index is 276. The lowest BCUT2D eigenvalue weighted by Crippen LogP contribution is -2.40. The predicted molar refractivity (Wildman–Crippen MR) is 69.0 cm³/mol. The topological polar surface area (TPSA) is 50.4 Å². The minimum Gasteiger partial charge on any atom is -0.444 e. The van der Waals surface area contributed by atoms with E-state index in [0.717, 1.165) is 13.0 Å². The van der Waals surface area contributed by atoms with Crippen molar-refractivity contribution in [1.29, 1.82) is 0 Å². The number of rotatable bonds is 1. The van der Waals surface area contributed by atoms with Gasteiger partial charge in [0.15, 0.2) is 0 Å². The van der Waals surface area contributed by atoms with Crippen LogP contribution in [0.4, 0.5) is 4.79 Å². The average molecular weight is 242 g/mol. The van der Waals surface area contributed by atoms with Crippen LogP contribution in [0.2, 0.25) is 0 Å². The molecule has 4 nitrogen and oxygen atoms in total. The molecule has 1 rings (SSSR count). The van der Waals surface area contributed by atoms with E-state index in [1.165, 1.54) is 0 Å². The molecule has 0 bridgehead atoms. The minimum atomic E-state index is -0.431. The number of carbonyl (C=O) groups excluding carboxylic acids is 1. The van der Waals surface area contributed by atoms with Crippen LogP contribution in [-0.4, -0.2) is 30.3 Å². The van der Waals surface area contributed by atoms with Crippen LogP contribution in [0.3, 0.4) is 0 Å². The van der Waals surface area contributed by atoms with Crippen molar-refractivity contribution in [3.63, 3.8) is 0 Å². The minimum absolute atomic E-state index is 0.175. The fourth-order valence-corrected chi connectivity index (χ4v) is 1.98. The third-order valence-electron chi connectivity index (χ3n) is 2.90. The summed E-state index contributed by atoms with van der Waals surface area (Å²) in [6.45, 7) is 13.1. The van der Waals surface area contributed by atoms with Crippen LogP contribution in [0.1, 0.15) is 48.0 Å². The number of carbonyl (C=O) groups is 1. The lowest BCUT2D eigenvalue weighted by Gasteiger charge is -2.27. The summed E-state index contributed by atoms with van der Waals surface area (Å²) in [5, 5.41) is 6.36. The van der Waals surface area contributed by atoms with Crippen molar-refractivity contribution in [3.05, 3.63) is 0 Å². The first-order valence-electron chi connectivity index (χ1n) is 6.31. The van der Waals surface area contributed by atoms with Crippen molar-refractivity contribution in [2.24, 2.45) is 5.41 Å². The van der Waals surface area contributed by atoms with Gasteiger partial charge in [0.2, 0.25) is 0 Å². The Balaban J connectivity index is 2.38. The zero-order valence-corrected chi connectivity index (χ0v) is 11.9. The highest BCUT2D eigenvalue weighted by atomic mass is 16.6. The summed E-state index contributed by atoms with van der Waals surface area (Å²) in [7, 11) is 0. The number of hydrogen-bond acceptors (Lipinski definition) is 3. The molecule has 0 aromatic rings. The molecule has 0 unspecified atom stereocenters.